The van der Waals surface area contributed by atoms with E-state index in [1.807, 2.05) is 36.4 Å². The van der Waals surface area contributed by atoms with Gasteiger partial charge in [-0.3, -0.25) is 0 Å². The van der Waals surface area contributed by atoms with Crippen LogP contribution in [0.15, 0.2) is 42.5 Å². The zero-order valence-corrected chi connectivity index (χ0v) is 13.3. The molecule has 2 unspecified atom stereocenters. The van der Waals surface area contributed by atoms with Gasteiger partial charge in [-0.1, -0.05) is 30.3 Å². The molecule has 4 heteroatoms. The molecule has 2 fully saturated rings. The third-order valence-electron chi connectivity index (χ3n) is 5.53. The highest BCUT2D eigenvalue weighted by Crippen LogP contribution is 2.61. The van der Waals surface area contributed by atoms with Crippen LogP contribution >= 0.6 is 0 Å². The van der Waals surface area contributed by atoms with Crippen LogP contribution in [0.25, 0.3) is 0 Å². The molecule has 0 N–H and O–H groups in total. The number of ether oxygens (including phenoxy) is 3. The Bertz CT molecular complexity index is 768. The average molecular weight is 326 g/mol. The van der Waals surface area contributed by atoms with Gasteiger partial charge in [0.05, 0.1) is 13.2 Å². The maximum absolute atomic E-state index is 14.8. The summed E-state index contributed by atoms with van der Waals surface area (Å²) in [6.07, 6.45) is 1.74. The Morgan fingerprint density at radius 3 is 2.71 bits per heavy atom. The number of fused-ring (bicyclic) bond motifs is 6. The summed E-state index contributed by atoms with van der Waals surface area (Å²) in [5.41, 5.74) is 2.93. The van der Waals surface area contributed by atoms with Gasteiger partial charge in [-0.05, 0) is 29.5 Å². The molecule has 3 nitrogen and oxygen atoms in total. The summed E-state index contributed by atoms with van der Waals surface area (Å²) in [5, 5.41) is 0. The molecule has 124 valence electrons. The average Bonchev–Trinajstić information content (AvgIpc) is 3.30. The van der Waals surface area contributed by atoms with E-state index >= 15 is 0 Å². The van der Waals surface area contributed by atoms with Crippen LogP contribution in [-0.4, -0.2) is 19.0 Å². The second kappa shape index (κ2) is 5.30. The Morgan fingerprint density at radius 2 is 1.92 bits per heavy atom. The number of halogens is 1. The smallest absolute Gasteiger partial charge is 0.175 e. The van der Waals surface area contributed by atoms with Crippen LogP contribution in [0.2, 0.25) is 0 Å². The van der Waals surface area contributed by atoms with Crippen molar-refractivity contribution in [2.24, 2.45) is 0 Å². The lowest BCUT2D eigenvalue weighted by molar-refractivity contribution is -0.166. The first-order chi connectivity index (χ1) is 11.8. The summed E-state index contributed by atoms with van der Waals surface area (Å²) < 4.78 is 32.3. The van der Waals surface area contributed by atoms with Gasteiger partial charge < -0.3 is 14.2 Å². The van der Waals surface area contributed by atoms with E-state index in [0.29, 0.717) is 31.5 Å². The summed E-state index contributed by atoms with van der Waals surface area (Å²) in [7, 11) is 0. The molecule has 0 radical (unpaired) electrons. The van der Waals surface area contributed by atoms with Gasteiger partial charge in [-0.2, -0.15) is 0 Å². The number of rotatable bonds is 3. The van der Waals surface area contributed by atoms with E-state index < -0.39 is 5.79 Å². The zero-order valence-electron chi connectivity index (χ0n) is 13.3. The topological polar surface area (TPSA) is 27.7 Å². The highest BCUT2D eigenvalue weighted by molar-refractivity contribution is 5.49. The Hall–Kier alpha value is -1.91. The first-order valence-corrected chi connectivity index (χ1v) is 8.53. The van der Waals surface area contributed by atoms with E-state index in [4.69, 9.17) is 14.2 Å². The molecule has 5 rings (SSSR count). The van der Waals surface area contributed by atoms with Crippen molar-refractivity contribution in [2.45, 2.75) is 37.1 Å². The second-order valence-electron chi connectivity index (χ2n) is 6.88. The van der Waals surface area contributed by atoms with Crippen LogP contribution in [0, 0.1) is 5.82 Å². The van der Waals surface area contributed by atoms with Gasteiger partial charge in [0.1, 0.15) is 18.2 Å². The Labute approximate surface area is 140 Å². The quantitative estimate of drug-likeness (QED) is 0.849. The van der Waals surface area contributed by atoms with Gasteiger partial charge in [0, 0.05) is 24.0 Å². The Balaban J connectivity index is 1.42. The van der Waals surface area contributed by atoms with Gasteiger partial charge >= 0.3 is 0 Å². The van der Waals surface area contributed by atoms with Crippen LogP contribution in [-0.2, 0) is 16.1 Å². The molecular weight excluding hydrogens is 307 g/mol. The normalized spacial score (nSPS) is 26.0. The minimum atomic E-state index is -0.578. The molecule has 1 saturated carbocycles. The molecule has 2 bridgehead atoms. The minimum absolute atomic E-state index is 0.0168. The van der Waals surface area contributed by atoms with Crippen molar-refractivity contribution in [3.63, 3.8) is 0 Å². The fourth-order valence-electron chi connectivity index (χ4n) is 4.54. The molecule has 1 saturated heterocycles. The van der Waals surface area contributed by atoms with Crippen LogP contribution < -0.4 is 4.74 Å². The summed E-state index contributed by atoms with van der Waals surface area (Å²) in [6, 6.07) is 13.4. The number of hydrogen-bond acceptors (Lipinski definition) is 3. The van der Waals surface area contributed by atoms with Crippen LogP contribution in [0.5, 0.6) is 5.75 Å². The highest BCUT2D eigenvalue weighted by Gasteiger charge is 2.58. The number of benzene rings is 2. The molecule has 2 atom stereocenters. The maximum atomic E-state index is 14.8. The van der Waals surface area contributed by atoms with E-state index in [0.717, 1.165) is 29.5 Å². The minimum Gasteiger partial charge on any atom is -0.489 e. The SMILES string of the molecule is Fc1cc(OCc2ccccc2)cc2c1C1CC2CC12OCCO2. The van der Waals surface area contributed by atoms with Gasteiger partial charge in [-0.25, -0.2) is 4.39 Å². The highest BCUT2D eigenvalue weighted by atomic mass is 19.1. The van der Waals surface area contributed by atoms with E-state index in [1.54, 1.807) is 0 Å². The summed E-state index contributed by atoms with van der Waals surface area (Å²) in [6.45, 7) is 1.67. The largest absolute Gasteiger partial charge is 0.489 e. The van der Waals surface area contributed by atoms with E-state index in [1.165, 1.54) is 6.07 Å². The van der Waals surface area contributed by atoms with Crippen molar-refractivity contribution in [3.05, 3.63) is 65.0 Å². The second-order valence-corrected chi connectivity index (χ2v) is 6.88. The molecule has 1 aliphatic heterocycles. The van der Waals surface area contributed by atoms with Gasteiger partial charge in [-0.15, -0.1) is 0 Å². The predicted molar refractivity (Wildman–Crippen MR) is 86.5 cm³/mol. The van der Waals surface area contributed by atoms with Gasteiger partial charge in [0.2, 0.25) is 0 Å². The Kier molecular flexibility index (Phi) is 3.19. The zero-order chi connectivity index (χ0) is 16.1. The fourth-order valence-corrected chi connectivity index (χ4v) is 4.54. The summed E-state index contributed by atoms with van der Waals surface area (Å²) >= 11 is 0. The van der Waals surface area contributed by atoms with E-state index in [2.05, 4.69) is 0 Å². The van der Waals surface area contributed by atoms with Crippen molar-refractivity contribution < 1.29 is 18.6 Å². The Morgan fingerprint density at radius 1 is 1.12 bits per heavy atom. The molecule has 1 spiro atoms. The lowest BCUT2D eigenvalue weighted by Crippen LogP contribution is -2.35. The summed E-state index contributed by atoms with van der Waals surface area (Å²) in [4.78, 5) is 0. The molecule has 2 aromatic rings. The van der Waals surface area contributed by atoms with Crippen LogP contribution in [0.3, 0.4) is 0 Å². The third kappa shape index (κ3) is 2.10. The fraction of sp³-hybridized carbons (Fsp3) is 0.400. The lowest BCUT2D eigenvalue weighted by atomic mass is 9.86. The molecule has 0 aromatic heterocycles. The van der Waals surface area contributed by atoms with Crippen molar-refractivity contribution in [1.82, 2.24) is 0 Å². The molecule has 3 aliphatic rings. The van der Waals surface area contributed by atoms with Gasteiger partial charge in [0.15, 0.2) is 5.79 Å². The van der Waals surface area contributed by atoms with E-state index in [-0.39, 0.29) is 11.7 Å². The van der Waals surface area contributed by atoms with Crippen LogP contribution in [0.4, 0.5) is 4.39 Å². The van der Waals surface area contributed by atoms with Crippen molar-refractivity contribution in [3.8, 4) is 5.75 Å². The number of hydrogen-bond donors (Lipinski definition) is 0. The molecule has 2 aromatic carbocycles. The van der Waals surface area contributed by atoms with E-state index in [9.17, 15) is 4.39 Å². The molecule has 0 amide bonds. The van der Waals surface area contributed by atoms with Gasteiger partial charge in [0.25, 0.3) is 0 Å². The van der Waals surface area contributed by atoms with Crippen molar-refractivity contribution >= 4 is 0 Å². The standard InChI is InChI=1S/C20H19FO3/c21-18-10-15(22-12-13-4-2-1-3-5-13)9-16-14-8-17(19(16)18)20(11-14)23-6-7-24-20/h1-5,9-10,14,17H,6-8,11-12H2. The molecular formula is C20H19FO3. The predicted octanol–water partition coefficient (Wildman–Crippen LogP) is 4.12. The van der Waals surface area contributed by atoms with Crippen molar-refractivity contribution in [2.75, 3.05) is 13.2 Å². The summed E-state index contributed by atoms with van der Waals surface area (Å²) in [5.74, 6) is 0.150. The third-order valence-corrected chi connectivity index (χ3v) is 5.53. The first kappa shape index (κ1) is 14.4. The monoisotopic (exact) mass is 326 g/mol. The lowest BCUT2D eigenvalue weighted by Gasteiger charge is -2.33. The molecule has 24 heavy (non-hydrogen) atoms. The maximum Gasteiger partial charge on any atom is 0.175 e. The van der Waals surface area contributed by atoms with Crippen molar-refractivity contribution in [1.29, 1.82) is 0 Å². The molecule has 1 heterocycles. The molecule has 2 aliphatic carbocycles. The first-order valence-electron chi connectivity index (χ1n) is 8.53. The van der Waals surface area contributed by atoms with Crippen LogP contribution in [0.1, 0.15) is 41.4 Å².